The molecule has 2 atom stereocenters. The summed E-state index contributed by atoms with van der Waals surface area (Å²) in [6, 6.07) is 13.4. The van der Waals surface area contributed by atoms with Crippen LogP contribution in [0.5, 0.6) is 17.2 Å². The predicted octanol–water partition coefficient (Wildman–Crippen LogP) is 5.56. The number of nitrogens with one attached hydrogen (secondary N) is 1. The lowest BCUT2D eigenvalue weighted by molar-refractivity contribution is -0.144. The molecule has 1 fully saturated rings. The number of carbonyl (C=O) groups excluding carboxylic acids is 2. The third-order valence-electron chi connectivity index (χ3n) is 7.95. The van der Waals surface area contributed by atoms with Gasteiger partial charge < -0.3 is 24.3 Å². The van der Waals surface area contributed by atoms with E-state index in [9.17, 15) is 9.59 Å². The molecule has 0 amide bonds. The molecule has 0 radical (unpaired) electrons. The van der Waals surface area contributed by atoms with Gasteiger partial charge in [0.15, 0.2) is 17.3 Å². The number of hydrogen-bond acceptors (Lipinski definition) is 7. The molecule has 3 aliphatic rings. The zero-order chi connectivity index (χ0) is 26.8. The SMILES string of the molecule is COc1ccc([C@@H]2CC(=O)C3=C(C2)NC(C)=C(C(=O)OC2CCCC2)[C@H]3c2ccccc2OC)cc1OC. The van der Waals surface area contributed by atoms with Crippen LogP contribution in [-0.2, 0) is 14.3 Å². The molecule has 1 saturated carbocycles. The quantitative estimate of drug-likeness (QED) is 0.482. The minimum Gasteiger partial charge on any atom is -0.496 e. The number of ether oxygens (including phenoxy) is 4. The van der Waals surface area contributed by atoms with Gasteiger partial charge in [0.2, 0.25) is 0 Å². The van der Waals surface area contributed by atoms with Gasteiger partial charge in [-0.05, 0) is 68.7 Å². The molecule has 2 aromatic carbocycles. The second-order valence-corrected chi connectivity index (χ2v) is 10.2. The van der Waals surface area contributed by atoms with Crippen molar-refractivity contribution < 1.29 is 28.5 Å². The summed E-state index contributed by atoms with van der Waals surface area (Å²) in [5, 5.41) is 3.43. The topological polar surface area (TPSA) is 83.1 Å². The van der Waals surface area contributed by atoms with Crippen molar-refractivity contribution >= 4 is 11.8 Å². The normalized spacial score (nSPS) is 21.6. The Morgan fingerprint density at radius 1 is 0.895 bits per heavy atom. The summed E-state index contributed by atoms with van der Waals surface area (Å²) in [7, 11) is 4.82. The number of rotatable bonds is 7. The van der Waals surface area contributed by atoms with Crippen molar-refractivity contribution in [3.8, 4) is 17.2 Å². The number of hydrogen-bond donors (Lipinski definition) is 1. The molecule has 0 aromatic heterocycles. The van der Waals surface area contributed by atoms with Crippen molar-refractivity contribution in [3.63, 3.8) is 0 Å². The molecule has 1 heterocycles. The van der Waals surface area contributed by atoms with E-state index in [-0.39, 0.29) is 23.8 Å². The molecule has 7 heteroatoms. The summed E-state index contributed by atoms with van der Waals surface area (Å²) in [4.78, 5) is 27.5. The molecule has 200 valence electrons. The molecule has 0 spiro atoms. The first-order valence-electron chi connectivity index (χ1n) is 13.2. The van der Waals surface area contributed by atoms with Crippen LogP contribution < -0.4 is 19.5 Å². The van der Waals surface area contributed by atoms with E-state index in [4.69, 9.17) is 18.9 Å². The minimum absolute atomic E-state index is 0.00751. The van der Waals surface area contributed by atoms with Gasteiger partial charge in [0.05, 0.1) is 32.8 Å². The number of para-hydroxylation sites is 1. The first kappa shape index (κ1) is 25.9. The maximum absolute atomic E-state index is 13.9. The van der Waals surface area contributed by atoms with Crippen molar-refractivity contribution in [1.82, 2.24) is 5.32 Å². The zero-order valence-corrected chi connectivity index (χ0v) is 22.5. The van der Waals surface area contributed by atoms with E-state index in [1.165, 1.54) is 0 Å². The molecule has 7 nitrogen and oxygen atoms in total. The van der Waals surface area contributed by atoms with Crippen LogP contribution in [0, 0.1) is 0 Å². The Hall–Kier alpha value is -3.74. The monoisotopic (exact) mass is 517 g/mol. The van der Waals surface area contributed by atoms with Crippen LogP contribution in [0.15, 0.2) is 65.0 Å². The third-order valence-corrected chi connectivity index (χ3v) is 7.95. The Bertz CT molecular complexity index is 1300. The average Bonchev–Trinajstić information content (AvgIpc) is 3.44. The van der Waals surface area contributed by atoms with Gasteiger partial charge in [-0.3, -0.25) is 4.79 Å². The van der Waals surface area contributed by atoms with Crippen LogP contribution >= 0.6 is 0 Å². The van der Waals surface area contributed by atoms with Crippen LogP contribution in [0.25, 0.3) is 0 Å². The summed E-state index contributed by atoms with van der Waals surface area (Å²) in [6.07, 6.45) is 4.77. The van der Waals surface area contributed by atoms with Gasteiger partial charge in [0, 0.05) is 29.0 Å². The summed E-state index contributed by atoms with van der Waals surface area (Å²) >= 11 is 0. The van der Waals surface area contributed by atoms with Crippen LogP contribution in [-0.4, -0.2) is 39.2 Å². The number of benzene rings is 2. The van der Waals surface area contributed by atoms with Gasteiger partial charge in [-0.25, -0.2) is 4.79 Å². The Morgan fingerprint density at radius 2 is 1.61 bits per heavy atom. The van der Waals surface area contributed by atoms with Crippen molar-refractivity contribution in [2.24, 2.45) is 0 Å². The Morgan fingerprint density at radius 3 is 2.32 bits per heavy atom. The summed E-state index contributed by atoms with van der Waals surface area (Å²) in [5.41, 5.74) is 4.45. The molecule has 0 unspecified atom stereocenters. The van der Waals surface area contributed by atoms with Crippen LogP contribution in [0.3, 0.4) is 0 Å². The van der Waals surface area contributed by atoms with E-state index in [2.05, 4.69) is 5.32 Å². The van der Waals surface area contributed by atoms with E-state index < -0.39 is 5.92 Å². The molecule has 1 aliphatic heterocycles. The lowest BCUT2D eigenvalue weighted by Gasteiger charge is -2.37. The standard InChI is InChI=1S/C31H35NO6/c1-18-28(31(34)38-21-9-5-6-10-21)29(22-11-7-8-12-25(22)35-2)30-23(32-18)15-20(16-24(30)33)19-13-14-26(36-3)27(17-19)37-4/h7-8,11-14,17,20-21,29,32H,5-6,9-10,15-16H2,1-4H3/t20-,29+/m0/s1. The fraction of sp³-hybridized carbons (Fsp3) is 0.419. The lowest BCUT2D eigenvalue weighted by Crippen LogP contribution is -2.36. The number of methoxy groups -OCH3 is 3. The van der Waals surface area contributed by atoms with Crippen molar-refractivity contribution in [2.45, 2.75) is 63.4 Å². The van der Waals surface area contributed by atoms with Gasteiger partial charge in [-0.15, -0.1) is 0 Å². The van der Waals surface area contributed by atoms with Gasteiger partial charge in [0.25, 0.3) is 0 Å². The molecule has 2 aliphatic carbocycles. The fourth-order valence-electron chi connectivity index (χ4n) is 6.09. The first-order valence-corrected chi connectivity index (χ1v) is 13.2. The molecule has 38 heavy (non-hydrogen) atoms. The molecule has 1 N–H and O–H groups in total. The summed E-state index contributed by atoms with van der Waals surface area (Å²) in [5.74, 6) is 0.970. The van der Waals surface area contributed by atoms with Gasteiger partial charge in [-0.2, -0.15) is 0 Å². The van der Waals surface area contributed by atoms with E-state index >= 15 is 0 Å². The molecule has 2 aromatic rings. The van der Waals surface area contributed by atoms with E-state index in [1.54, 1.807) is 21.3 Å². The highest BCUT2D eigenvalue weighted by Crippen LogP contribution is 2.48. The lowest BCUT2D eigenvalue weighted by atomic mass is 9.71. The Kier molecular flexibility index (Phi) is 7.45. The number of dihydropyridines is 1. The van der Waals surface area contributed by atoms with Gasteiger partial charge in [-0.1, -0.05) is 24.3 Å². The number of esters is 1. The zero-order valence-electron chi connectivity index (χ0n) is 22.5. The summed E-state index contributed by atoms with van der Waals surface area (Å²) < 4.78 is 22.5. The Labute approximate surface area is 223 Å². The van der Waals surface area contributed by atoms with Crippen molar-refractivity contribution in [1.29, 1.82) is 0 Å². The maximum atomic E-state index is 13.9. The smallest absolute Gasteiger partial charge is 0.337 e. The highest BCUT2D eigenvalue weighted by atomic mass is 16.5. The number of allylic oxidation sites excluding steroid dienone is 3. The predicted molar refractivity (Wildman–Crippen MR) is 143 cm³/mol. The van der Waals surface area contributed by atoms with Crippen LogP contribution in [0.4, 0.5) is 0 Å². The largest absolute Gasteiger partial charge is 0.496 e. The van der Waals surface area contributed by atoms with E-state index in [0.717, 1.165) is 42.5 Å². The van der Waals surface area contributed by atoms with Gasteiger partial charge >= 0.3 is 5.97 Å². The number of carbonyl (C=O) groups is 2. The molecule has 5 rings (SSSR count). The fourth-order valence-corrected chi connectivity index (χ4v) is 6.09. The molecule has 0 saturated heterocycles. The molecule has 0 bridgehead atoms. The van der Waals surface area contributed by atoms with Crippen molar-refractivity contribution in [3.05, 3.63) is 76.1 Å². The first-order chi connectivity index (χ1) is 18.4. The highest BCUT2D eigenvalue weighted by molar-refractivity contribution is 6.04. The number of ketones is 1. The highest BCUT2D eigenvalue weighted by Gasteiger charge is 2.43. The van der Waals surface area contributed by atoms with E-state index in [0.29, 0.717) is 46.9 Å². The number of Topliss-reactive ketones (excluding diaryl/α,β-unsaturated/α-hetero) is 1. The van der Waals surface area contributed by atoms with E-state index in [1.807, 2.05) is 49.4 Å². The van der Waals surface area contributed by atoms with Crippen molar-refractivity contribution in [2.75, 3.05) is 21.3 Å². The minimum atomic E-state index is -0.560. The Balaban J connectivity index is 1.55. The molecular formula is C31H35NO6. The van der Waals surface area contributed by atoms with Gasteiger partial charge in [0.1, 0.15) is 11.9 Å². The summed E-state index contributed by atoms with van der Waals surface area (Å²) in [6.45, 7) is 1.89. The average molecular weight is 518 g/mol. The van der Waals surface area contributed by atoms with Crippen LogP contribution in [0.1, 0.15) is 68.4 Å². The second-order valence-electron chi connectivity index (χ2n) is 10.2. The third kappa shape index (κ3) is 4.77. The maximum Gasteiger partial charge on any atom is 0.337 e. The second kappa shape index (κ2) is 10.9. The van der Waals surface area contributed by atoms with Crippen LogP contribution in [0.2, 0.25) is 0 Å². The molecular weight excluding hydrogens is 482 g/mol.